The fraction of sp³-hybridized carbons (Fsp3) is 0.300. The van der Waals surface area contributed by atoms with E-state index in [1.165, 1.54) is 0 Å². The maximum Gasteiger partial charge on any atom is 0.149 e. The van der Waals surface area contributed by atoms with Crippen LogP contribution in [0.5, 0.6) is 0 Å². The Balaban J connectivity index is 1.56. The lowest BCUT2D eigenvalue weighted by molar-refractivity contribution is 0.0157. The number of rotatable bonds is 5. The Bertz CT molecular complexity index is 1310. The molecule has 10 nitrogen and oxygen atoms in total. The summed E-state index contributed by atoms with van der Waals surface area (Å²) in [6.45, 7) is 1.60. The van der Waals surface area contributed by atoms with Gasteiger partial charge in [-0.15, -0.1) is 0 Å². The molecule has 4 aromatic rings. The minimum Gasteiger partial charge on any atom is -0.286 e. The van der Waals surface area contributed by atoms with Crippen LogP contribution in [0.1, 0.15) is 6.42 Å². The number of hydrogen-bond acceptors (Lipinski definition) is 7. The quantitative estimate of drug-likeness (QED) is 0.467. The van der Waals surface area contributed by atoms with Gasteiger partial charge in [-0.05, 0) is 0 Å². The van der Waals surface area contributed by atoms with Crippen LogP contribution in [-0.2, 0) is 12.6 Å². The molecule has 1 fully saturated rings. The zero-order chi connectivity index (χ0) is 20.7. The van der Waals surface area contributed by atoms with Crippen molar-refractivity contribution in [3.63, 3.8) is 0 Å². The summed E-state index contributed by atoms with van der Waals surface area (Å²) >= 11 is 0. The topological polar surface area (TPSA) is 117 Å². The van der Waals surface area contributed by atoms with Crippen LogP contribution in [0.2, 0.25) is 0 Å². The Morgan fingerprint density at radius 3 is 2.67 bits per heavy atom. The van der Waals surface area contributed by atoms with E-state index in [4.69, 9.17) is 10.2 Å². The molecule has 1 saturated heterocycles. The number of hydrogen-bond donors (Lipinski definition) is 0. The highest BCUT2D eigenvalue weighted by atomic mass is 15.4. The van der Waals surface area contributed by atoms with Gasteiger partial charge in [0.25, 0.3) is 0 Å². The summed E-state index contributed by atoms with van der Waals surface area (Å²) in [4.78, 5) is 11.3. The molecule has 0 spiro atoms. The van der Waals surface area contributed by atoms with Gasteiger partial charge in [0, 0.05) is 56.6 Å². The van der Waals surface area contributed by atoms with Gasteiger partial charge in [-0.2, -0.15) is 20.7 Å². The minimum atomic E-state index is -0.418. The largest absolute Gasteiger partial charge is 0.286 e. The van der Waals surface area contributed by atoms with Crippen molar-refractivity contribution in [2.45, 2.75) is 12.0 Å². The zero-order valence-electron chi connectivity index (χ0n) is 16.3. The van der Waals surface area contributed by atoms with Crippen molar-refractivity contribution in [1.29, 1.82) is 10.5 Å². The highest BCUT2D eigenvalue weighted by Crippen LogP contribution is 2.33. The Labute approximate surface area is 172 Å². The van der Waals surface area contributed by atoms with Gasteiger partial charge in [0.15, 0.2) is 0 Å². The van der Waals surface area contributed by atoms with Crippen LogP contribution in [0.15, 0.2) is 43.2 Å². The monoisotopic (exact) mass is 398 g/mol. The van der Waals surface area contributed by atoms with Crippen molar-refractivity contribution in [3.8, 4) is 34.8 Å². The summed E-state index contributed by atoms with van der Waals surface area (Å²) in [6.07, 6.45) is 11.3. The molecule has 1 aliphatic heterocycles. The number of nitriles is 2. The third kappa shape index (κ3) is 2.82. The fourth-order valence-corrected chi connectivity index (χ4v) is 4.01. The van der Waals surface area contributed by atoms with Gasteiger partial charge < -0.3 is 0 Å². The van der Waals surface area contributed by atoms with Gasteiger partial charge in [0.05, 0.1) is 48.8 Å². The van der Waals surface area contributed by atoms with E-state index < -0.39 is 5.54 Å². The van der Waals surface area contributed by atoms with Crippen molar-refractivity contribution in [2.75, 3.05) is 19.6 Å². The average Bonchev–Trinajstić information content (AvgIpc) is 3.45. The van der Waals surface area contributed by atoms with Crippen LogP contribution in [0.3, 0.4) is 0 Å². The number of imidazole rings is 1. The molecule has 30 heavy (non-hydrogen) atoms. The number of aryl methyl sites for hydroxylation is 1. The fourth-order valence-electron chi connectivity index (χ4n) is 4.01. The second kappa shape index (κ2) is 6.79. The predicted molar refractivity (Wildman–Crippen MR) is 107 cm³/mol. The highest BCUT2D eigenvalue weighted by molar-refractivity contribution is 5.68. The molecular formula is C20H18N10. The second-order valence-corrected chi connectivity index (χ2v) is 7.56. The Kier molecular flexibility index (Phi) is 4.09. The van der Waals surface area contributed by atoms with Gasteiger partial charge in [-0.3, -0.25) is 18.7 Å². The molecule has 10 heteroatoms. The molecule has 148 valence electrons. The number of aromatic nitrogens is 7. The van der Waals surface area contributed by atoms with Crippen molar-refractivity contribution in [1.82, 2.24) is 38.8 Å². The summed E-state index contributed by atoms with van der Waals surface area (Å²) < 4.78 is 5.50. The first-order chi connectivity index (χ1) is 14.6. The molecule has 4 aromatic heterocycles. The summed E-state index contributed by atoms with van der Waals surface area (Å²) in [5.41, 5.74) is 2.88. The summed E-state index contributed by atoms with van der Waals surface area (Å²) in [5, 5.41) is 27.1. The number of fused-ring (bicyclic) bond motifs is 1. The van der Waals surface area contributed by atoms with Crippen molar-refractivity contribution in [2.24, 2.45) is 7.05 Å². The van der Waals surface area contributed by atoms with Crippen LogP contribution >= 0.6 is 0 Å². The van der Waals surface area contributed by atoms with Gasteiger partial charge in [-0.25, -0.2) is 9.97 Å². The second-order valence-electron chi connectivity index (χ2n) is 7.56. The molecule has 0 amide bonds. The van der Waals surface area contributed by atoms with E-state index in [-0.39, 0.29) is 0 Å². The lowest BCUT2D eigenvalue weighted by Gasteiger charge is -2.48. The molecule has 0 aliphatic carbocycles. The maximum atomic E-state index is 9.34. The van der Waals surface area contributed by atoms with Crippen LogP contribution < -0.4 is 0 Å². The van der Waals surface area contributed by atoms with E-state index in [1.54, 1.807) is 23.3 Å². The molecule has 1 aliphatic rings. The van der Waals surface area contributed by atoms with Crippen LogP contribution in [0.4, 0.5) is 0 Å². The van der Waals surface area contributed by atoms with E-state index in [0.717, 1.165) is 28.3 Å². The molecule has 0 saturated carbocycles. The first-order valence-corrected chi connectivity index (χ1v) is 9.47. The lowest BCUT2D eigenvalue weighted by atomic mass is 9.87. The third-order valence-electron chi connectivity index (χ3n) is 5.46. The van der Waals surface area contributed by atoms with E-state index in [2.05, 4.69) is 27.3 Å². The lowest BCUT2D eigenvalue weighted by Crippen LogP contribution is -2.62. The van der Waals surface area contributed by atoms with Crippen molar-refractivity contribution in [3.05, 3.63) is 43.2 Å². The molecule has 0 unspecified atom stereocenters. The predicted octanol–water partition coefficient (Wildman–Crippen LogP) is 1.44. The van der Waals surface area contributed by atoms with E-state index in [1.807, 2.05) is 45.7 Å². The third-order valence-corrected chi connectivity index (χ3v) is 5.46. The maximum absolute atomic E-state index is 9.34. The van der Waals surface area contributed by atoms with Crippen molar-refractivity contribution < 1.29 is 0 Å². The van der Waals surface area contributed by atoms with E-state index >= 15 is 0 Å². The molecule has 5 rings (SSSR count). The minimum absolute atomic E-state index is 0.333. The molecule has 0 bridgehead atoms. The van der Waals surface area contributed by atoms with Gasteiger partial charge in [0.2, 0.25) is 0 Å². The normalized spacial score (nSPS) is 15.6. The summed E-state index contributed by atoms with van der Waals surface area (Å²) in [5.74, 6) is 0.718. The Hall–Kier alpha value is -4.02. The molecule has 0 aromatic carbocycles. The molecule has 5 heterocycles. The highest BCUT2D eigenvalue weighted by Gasteiger charge is 2.45. The van der Waals surface area contributed by atoms with Crippen LogP contribution in [0, 0.1) is 22.7 Å². The Morgan fingerprint density at radius 1 is 1.10 bits per heavy atom. The number of likely N-dealkylation sites (tertiary alicyclic amines) is 1. The smallest absolute Gasteiger partial charge is 0.149 e. The SMILES string of the molecule is Cn1cc(-c2cc3nccn3c(-c3cnn(C4(CC#N)CN(CC#N)C4)c3)n2)cn1. The molecule has 0 radical (unpaired) electrons. The molecule has 0 atom stereocenters. The van der Waals surface area contributed by atoms with Crippen LogP contribution in [-0.4, -0.2) is 58.5 Å². The van der Waals surface area contributed by atoms with E-state index in [0.29, 0.717) is 26.1 Å². The molecule has 0 N–H and O–H groups in total. The van der Waals surface area contributed by atoms with Crippen LogP contribution in [0.25, 0.3) is 28.3 Å². The molecular weight excluding hydrogens is 380 g/mol. The first-order valence-electron chi connectivity index (χ1n) is 9.47. The van der Waals surface area contributed by atoms with E-state index in [9.17, 15) is 5.26 Å². The van der Waals surface area contributed by atoms with Gasteiger partial charge in [-0.1, -0.05) is 0 Å². The van der Waals surface area contributed by atoms with Gasteiger partial charge >= 0.3 is 0 Å². The average molecular weight is 398 g/mol. The first kappa shape index (κ1) is 18.0. The van der Waals surface area contributed by atoms with Crippen molar-refractivity contribution >= 4 is 5.65 Å². The van der Waals surface area contributed by atoms with Gasteiger partial charge in [0.1, 0.15) is 17.0 Å². The summed E-state index contributed by atoms with van der Waals surface area (Å²) in [7, 11) is 1.87. The zero-order valence-corrected chi connectivity index (χ0v) is 16.3. The Morgan fingerprint density at radius 2 is 1.93 bits per heavy atom. The number of nitrogens with zero attached hydrogens (tertiary/aromatic N) is 10. The summed E-state index contributed by atoms with van der Waals surface area (Å²) in [6, 6.07) is 6.35. The standard InChI is InChI=1S/C20H18N10/c1-27-11-15(9-24-27)17-8-18-23-5-7-29(18)19(26-17)16-10-25-30(12-16)20(2-3-21)13-28(14-20)6-4-22/h5,7-12H,2,6,13-14H2,1H3.